The molecule has 0 bridgehead atoms. The Balaban J connectivity index is 1.42. The van der Waals surface area contributed by atoms with Gasteiger partial charge in [0.25, 0.3) is 0 Å². The van der Waals surface area contributed by atoms with E-state index < -0.39 is 5.60 Å². The maximum Gasteiger partial charge on any atom is 0.410 e. The number of nitrogens with zero attached hydrogens (tertiary/aromatic N) is 5. The summed E-state index contributed by atoms with van der Waals surface area (Å²) >= 11 is 0. The molecule has 9 nitrogen and oxygen atoms in total. The van der Waals surface area contributed by atoms with E-state index in [0.717, 1.165) is 16.7 Å². The van der Waals surface area contributed by atoms with Crippen LogP contribution in [0.1, 0.15) is 49.4 Å². The molecular weight excluding hydrogens is 463 g/mol. The first-order valence-electron chi connectivity index (χ1n) is 11.9. The van der Waals surface area contributed by atoms with E-state index in [4.69, 9.17) is 9.47 Å². The summed E-state index contributed by atoms with van der Waals surface area (Å²) in [5.74, 6) is 0.871. The Morgan fingerprint density at radius 3 is 2.89 bits per heavy atom. The second kappa shape index (κ2) is 9.15. The van der Waals surface area contributed by atoms with E-state index in [1.165, 1.54) is 12.4 Å². The number of carbonyl (C=O) groups excluding carboxylic acids is 1. The maximum atomic E-state index is 14.6. The Morgan fingerprint density at radius 2 is 2.17 bits per heavy atom. The van der Waals surface area contributed by atoms with Crippen molar-refractivity contribution in [2.45, 2.75) is 45.8 Å². The molecule has 4 heterocycles. The van der Waals surface area contributed by atoms with Crippen LogP contribution in [0.25, 0.3) is 11.2 Å². The molecule has 0 unspecified atom stereocenters. The van der Waals surface area contributed by atoms with Gasteiger partial charge in [0, 0.05) is 42.7 Å². The average Bonchev–Trinajstić information content (AvgIpc) is 3.52. The summed E-state index contributed by atoms with van der Waals surface area (Å²) in [5, 5.41) is 21.5. The second-order valence-electron chi connectivity index (χ2n) is 9.82. The molecule has 0 aliphatic carbocycles. The number of amides is 1. The highest BCUT2D eigenvalue weighted by molar-refractivity contribution is 5.81. The van der Waals surface area contributed by atoms with Gasteiger partial charge in [-0.2, -0.15) is 5.26 Å². The monoisotopic (exact) mass is 490 g/mol. The summed E-state index contributed by atoms with van der Waals surface area (Å²) in [6, 6.07) is 7.07. The lowest BCUT2D eigenvalue weighted by atomic mass is 9.99. The van der Waals surface area contributed by atoms with Crippen molar-refractivity contribution >= 4 is 23.1 Å². The first-order chi connectivity index (χ1) is 17.2. The van der Waals surface area contributed by atoms with Crippen molar-refractivity contribution in [1.29, 1.82) is 5.26 Å². The molecule has 186 valence electrons. The summed E-state index contributed by atoms with van der Waals surface area (Å²) < 4.78 is 27.4. The van der Waals surface area contributed by atoms with E-state index in [0.29, 0.717) is 60.9 Å². The van der Waals surface area contributed by atoms with Crippen LogP contribution in [-0.4, -0.2) is 50.9 Å². The number of nitrogens with one attached hydrogen (secondary N) is 1. The van der Waals surface area contributed by atoms with Crippen LogP contribution in [0.2, 0.25) is 0 Å². The number of aromatic nitrogens is 3. The molecule has 0 spiro atoms. The fourth-order valence-electron chi connectivity index (χ4n) is 4.58. The van der Waals surface area contributed by atoms with Crippen LogP contribution in [-0.2, 0) is 17.7 Å². The van der Waals surface area contributed by atoms with Crippen LogP contribution in [0.15, 0.2) is 30.6 Å². The number of hydrogen-bond acceptors (Lipinski definition) is 7. The number of pyridine rings is 1. The summed E-state index contributed by atoms with van der Waals surface area (Å²) in [6.45, 7) is 7.11. The van der Waals surface area contributed by atoms with Gasteiger partial charge in [-0.3, -0.25) is 4.40 Å². The molecule has 5 rings (SSSR count). The van der Waals surface area contributed by atoms with Crippen molar-refractivity contribution in [3.05, 3.63) is 58.7 Å². The number of ether oxygens (including phenoxy) is 2. The van der Waals surface area contributed by atoms with Gasteiger partial charge in [0.05, 0.1) is 12.2 Å². The van der Waals surface area contributed by atoms with E-state index >= 15 is 0 Å². The van der Waals surface area contributed by atoms with Crippen molar-refractivity contribution in [1.82, 2.24) is 19.5 Å². The predicted octanol–water partition coefficient (Wildman–Crippen LogP) is 4.31. The average molecular weight is 491 g/mol. The first-order valence-corrected chi connectivity index (χ1v) is 11.9. The minimum absolute atomic E-state index is 0.188. The van der Waals surface area contributed by atoms with Gasteiger partial charge < -0.3 is 19.7 Å². The zero-order valence-electron chi connectivity index (χ0n) is 20.5. The molecule has 0 saturated heterocycles. The molecule has 2 aromatic heterocycles. The SMILES string of the molecule is CC(C)(C)OC(=O)N1CC=C(c2cc(C#N)c(NCc3c(F)ccc4c3CCO4)n3cnnc23)CC1. The summed E-state index contributed by atoms with van der Waals surface area (Å²) in [6.07, 6.45) is 4.36. The lowest BCUT2D eigenvalue weighted by Gasteiger charge is -2.29. The predicted molar refractivity (Wildman–Crippen MR) is 131 cm³/mol. The van der Waals surface area contributed by atoms with Crippen LogP contribution in [0.3, 0.4) is 0 Å². The minimum Gasteiger partial charge on any atom is -0.493 e. The van der Waals surface area contributed by atoms with Gasteiger partial charge in [-0.25, -0.2) is 9.18 Å². The second-order valence-corrected chi connectivity index (χ2v) is 9.82. The van der Waals surface area contributed by atoms with E-state index in [9.17, 15) is 14.4 Å². The highest BCUT2D eigenvalue weighted by Gasteiger charge is 2.26. The number of nitriles is 1. The molecule has 1 aromatic carbocycles. The van der Waals surface area contributed by atoms with Gasteiger partial charge in [0.15, 0.2) is 5.65 Å². The molecule has 0 saturated carbocycles. The van der Waals surface area contributed by atoms with Crippen molar-refractivity contribution < 1.29 is 18.7 Å². The topological polar surface area (TPSA) is 105 Å². The van der Waals surface area contributed by atoms with E-state index in [1.54, 1.807) is 21.4 Å². The molecule has 2 aliphatic rings. The molecular formula is C26H27FN6O3. The summed E-state index contributed by atoms with van der Waals surface area (Å²) in [4.78, 5) is 14.1. The number of benzene rings is 1. The van der Waals surface area contributed by atoms with Gasteiger partial charge in [-0.1, -0.05) is 6.08 Å². The normalized spacial score (nSPS) is 15.2. The van der Waals surface area contributed by atoms with Gasteiger partial charge in [-0.15, -0.1) is 10.2 Å². The standard InChI is InChI=1S/C26H27FN6O3/c1-26(2,3)36-25(34)32-9-6-16(7-10-32)19-12-17(13-28)23(33-15-30-31-24(19)33)29-14-20-18-8-11-35-22(18)5-4-21(20)27/h4-6,12,15,29H,7-11,14H2,1-3H3. The molecule has 1 amide bonds. The highest BCUT2D eigenvalue weighted by atomic mass is 19.1. The van der Waals surface area contributed by atoms with Crippen LogP contribution in [0.4, 0.5) is 15.0 Å². The van der Waals surface area contributed by atoms with Gasteiger partial charge in [0.1, 0.15) is 35.4 Å². The van der Waals surface area contributed by atoms with Crippen LogP contribution in [0, 0.1) is 17.1 Å². The zero-order valence-corrected chi connectivity index (χ0v) is 20.5. The smallest absolute Gasteiger partial charge is 0.410 e. The molecule has 36 heavy (non-hydrogen) atoms. The fourth-order valence-corrected chi connectivity index (χ4v) is 4.58. The van der Waals surface area contributed by atoms with Crippen molar-refractivity contribution in [2.75, 3.05) is 25.0 Å². The number of anilines is 1. The zero-order chi connectivity index (χ0) is 25.4. The van der Waals surface area contributed by atoms with Gasteiger partial charge in [0.2, 0.25) is 0 Å². The summed E-state index contributed by atoms with van der Waals surface area (Å²) in [5.41, 5.74) is 3.52. The Morgan fingerprint density at radius 1 is 1.33 bits per heavy atom. The first kappa shape index (κ1) is 23.6. The highest BCUT2D eigenvalue weighted by Crippen LogP contribution is 2.33. The number of rotatable bonds is 4. The third-order valence-electron chi connectivity index (χ3n) is 6.27. The molecule has 2 aliphatic heterocycles. The molecule has 0 atom stereocenters. The maximum absolute atomic E-state index is 14.6. The Kier molecular flexibility index (Phi) is 6.00. The quantitative estimate of drug-likeness (QED) is 0.581. The van der Waals surface area contributed by atoms with Gasteiger partial charge >= 0.3 is 6.09 Å². The van der Waals surface area contributed by atoms with Gasteiger partial charge in [-0.05, 0) is 51.0 Å². The number of halogens is 1. The van der Waals surface area contributed by atoms with E-state index in [2.05, 4.69) is 21.6 Å². The number of fused-ring (bicyclic) bond motifs is 2. The van der Waals surface area contributed by atoms with Crippen LogP contribution < -0.4 is 10.1 Å². The molecule has 3 aromatic rings. The van der Waals surface area contributed by atoms with Crippen molar-refractivity contribution in [3.63, 3.8) is 0 Å². The molecule has 0 fully saturated rings. The molecule has 1 N–H and O–H groups in total. The van der Waals surface area contributed by atoms with Crippen LogP contribution >= 0.6 is 0 Å². The lowest BCUT2D eigenvalue weighted by Crippen LogP contribution is -2.39. The van der Waals surface area contributed by atoms with E-state index in [-0.39, 0.29) is 18.5 Å². The Hall–Kier alpha value is -4.13. The molecule has 0 radical (unpaired) electrons. The Bertz CT molecular complexity index is 1420. The number of carbonyl (C=O) groups is 1. The van der Waals surface area contributed by atoms with E-state index in [1.807, 2.05) is 26.8 Å². The Labute approximate surface area is 208 Å². The fraction of sp³-hybridized carbons (Fsp3) is 0.385. The minimum atomic E-state index is -0.560. The molecule has 10 heteroatoms. The van der Waals surface area contributed by atoms with Crippen molar-refractivity contribution in [3.8, 4) is 11.8 Å². The third-order valence-corrected chi connectivity index (χ3v) is 6.27. The van der Waals surface area contributed by atoms with Crippen molar-refractivity contribution in [2.24, 2.45) is 0 Å². The largest absolute Gasteiger partial charge is 0.493 e. The number of hydrogen-bond donors (Lipinski definition) is 1. The third kappa shape index (κ3) is 4.44. The van der Waals surface area contributed by atoms with Crippen LogP contribution in [0.5, 0.6) is 5.75 Å². The lowest BCUT2D eigenvalue weighted by molar-refractivity contribution is 0.0270. The summed E-state index contributed by atoms with van der Waals surface area (Å²) in [7, 11) is 0.